The summed E-state index contributed by atoms with van der Waals surface area (Å²) in [5.41, 5.74) is 1.25. The van der Waals surface area contributed by atoms with Crippen molar-refractivity contribution in [1.29, 1.82) is 0 Å². The van der Waals surface area contributed by atoms with E-state index in [0.29, 0.717) is 29.1 Å². The summed E-state index contributed by atoms with van der Waals surface area (Å²) in [5, 5.41) is 13.7. The van der Waals surface area contributed by atoms with Gasteiger partial charge in [0.15, 0.2) is 0 Å². The maximum absolute atomic E-state index is 13.3. The van der Waals surface area contributed by atoms with Crippen molar-refractivity contribution in [2.24, 2.45) is 0 Å². The molecule has 36 heavy (non-hydrogen) atoms. The van der Waals surface area contributed by atoms with Crippen molar-refractivity contribution in [1.82, 2.24) is 9.80 Å². The number of methoxy groups -OCH3 is 1. The number of carbonyl (C=O) groups excluding carboxylic acids is 2. The first kappa shape index (κ1) is 25.7. The summed E-state index contributed by atoms with van der Waals surface area (Å²) in [6, 6.07) is 17.5. The summed E-state index contributed by atoms with van der Waals surface area (Å²) >= 11 is 6.28. The van der Waals surface area contributed by atoms with E-state index >= 15 is 0 Å². The number of hydrogen-bond acceptors (Lipinski definition) is 5. The lowest BCUT2D eigenvalue weighted by atomic mass is 9.94. The molecule has 0 aliphatic carbocycles. The van der Waals surface area contributed by atoms with Gasteiger partial charge in [-0.1, -0.05) is 55.8 Å². The number of rotatable bonds is 9. The van der Waals surface area contributed by atoms with E-state index in [0.717, 1.165) is 36.2 Å². The molecule has 1 saturated heterocycles. The molecule has 6 nitrogen and oxygen atoms in total. The van der Waals surface area contributed by atoms with Crippen LogP contribution in [0.2, 0.25) is 5.02 Å². The van der Waals surface area contributed by atoms with Crippen LogP contribution in [0, 0.1) is 0 Å². The number of carbonyl (C=O) groups is 2. The Kier molecular flexibility index (Phi) is 7.97. The van der Waals surface area contributed by atoms with Crippen LogP contribution >= 0.6 is 11.6 Å². The first-order valence-electron chi connectivity index (χ1n) is 12.2. The third kappa shape index (κ3) is 5.11. The minimum atomic E-state index is -0.716. The van der Waals surface area contributed by atoms with Crippen molar-refractivity contribution in [3.8, 4) is 5.75 Å². The molecular weight excluding hydrogens is 476 g/mol. The van der Waals surface area contributed by atoms with Gasteiger partial charge in [0.1, 0.15) is 11.5 Å². The van der Waals surface area contributed by atoms with Crippen LogP contribution in [0.4, 0.5) is 0 Å². The standard InChI is InChI=1S/C29H31ClN2O4/c1-4-31(5-2)14-7-15-32-26(21-8-6-9-23(30)17-21)25(28(34)29(32)35)27(33)22-11-10-20-18-24(36-3)13-12-19(20)16-22/h6,8-13,16-18,26,33H,4-5,7,14-15H2,1-3H3/b27-25+. The van der Waals surface area contributed by atoms with Crippen molar-refractivity contribution < 1.29 is 19.4 Å². The molecule has 0 radical (unpaired) electrons. The molecular formula is C29H31ClN2O4. The van der Waals surface area contributed by atoms with Gasteiger partial charge < -0.3 is 19.6 Å². The zero-order valence-corrected chi connectivity index (χ0v) is 21.6. The van der Waals surface area contributed by atoms with Gasteiger partial charge in [-0.15, -0.1) is 0 Å². The number of aliphatic hydroxyl groups excluding tert-OH is 1. The number of aliphatic hydroxyl groups is 1. The Balaban J connectivity index is 1.77. The minimum Gasteiger partial charge on any atom is -0.507 e. The molecule has 1 unspecified atom stereocenters. The normalized spacial score (nSPS) is 17.4. The molecule has 1 N–H and O–H groups in total. The second-order valence-electron chi connectivity index (χ2n) is 8.86. The number of likely N-dealkylation sites (tertiary alicyclic amines) is 1. The van der Waals surface area contributed by atoms with E-state index in [9.17, 15) is 14.7 Å². The van der Waals surface area contributed by atoms with E-state index in [2.05, 4.69) is 18.7 Å². The van der Waals surface area contributed by atoms with Gasteiger partial charge in [0.25, 0.3) is 11.7 Å². The monoisotopic (exact) mass is 506 g/mol. The highest BCUT2D eigenvalue weighted by Crippen LogP contribution is 2.40. The van der Waals surface area contributed by atoms with E-state index in [1.165, 1.54) is 0 Å². The smallest absolute Gasteiger partial charge is 0.295 e. The van der Waals surface area contributed by atoms with Crippen LogP contribution in [0.5, 0.6) is 5.75 Å². The number of amides is 1. The fourth-order valence-corrected chi connectivity index (χ4v) is 4.99. The summed E-state index contributed by atoms with van der Waals surface area (Å²) in [6.07, 6.45) is 0.712. The zero-order valence-electron chi connectivity index (χ0n) is 20.8. The molecule has 1 heterocycles. The molecule has 1 aliphatic rings. The van der Waals surface area contributed by atoms with Crippen LogP contribution < -0.4 is 4.74 Å². The highest BCUT2D eigenvalue weighted by atomic mass is 35.5. The number of Topliss-reactive ketones (excluding diaryl/α,β-unsaturated/α-hetero) is 1. The molecule has 1 fully saturated rings. The quantitative estimate of drug-likeness (QED) is 0.230. The largest absolute Gasteiger partial charge is 0.507 e. The molecule has 7 heteroatoms. The Hall–Kier alpha value is -3.35. The minimum absolute atomic E-state index is 0.0815. The third-order valence-corrected chi connectivity index (χ3v) is 7.03. The van der Waals surface area contributed by atoms with Gasteiger partial charge in [0.2, 0.25) is 0 Å². The lowest BCUT2D eigenvalue weighted by Gasteiger charge is -2.27. The predicted octanol–water partition coefficient (Wildman–Crippen LogP) is 5.66. The molecule has 1 atom stereocenters. The van der Waals surface area contributed by atoms with E-state index in [-0.39, 0.29) is 11.3 Å². The van der Waals surface area contributed by atoms with Gasteiger partial charge in [-0.05, 0) is 72.7 Å². The number of benzene rings is 3. The van der Waals surface area contributed by atoms with Gasteiger partial charge in [0.05, 0.1) is 18.7 Å². The van der Waals surface area contributed by atoms with Crippen LogP contribution in [0.1, 0.15) is 37.4 Å². The molecule has 188 valence electrons. The van der Waals surface area contributed by atoms with Crippen molar-refractivity contribution >= 4 is 39.8 Å². The van der Waals surface area contributed by atoms with Crippen LogP contribution in [-0.4, -0.2) is 59.9 Å². The fraction of sp³-hybridized carbons (Fsp3) is 0.310. The van der Waals surface area contributed by atoms with Crippen LogP contribution in [0.15, 0.2) is 66.2 Å². The van der Waals surface area contributed by atoms with Crippen LogP contribution in [0.3, 0.4) is 0 Å². The number of ether oxygens (including phenoxy) is 1. The second-order valence-corrected chi connectivity index (χ2v) is 9.29. The number of hydrogen-bond donors (Lipinski definition) is 1. The lowest BCUT2D eigenvalue weighted by Crippen LogP contribution is -2.33. The Bertz CT molecular complexity index is 1320. The van der Waals surface area contributed by atoms with Crippen molar-refractivity contribution in [2.45, 2.75) is 26.3 Å². The highest BCUT2D eigenvalue weighted by molar-refractivity contribution is 6.46. The first-order chi connectivity index (χ1) is 17.4. The van der Waals surface area contributed by atoms with Crippen molar-refractivity contribution in [3.63, 3.8) is 0 Å². The number of nitrogens with zero attached hydrogens (tertiary/aromatic N) is 2. The summed E-state index contributed by atoms with van der Waals surface area (Å²) in [4.78, 5) is 30.3. The van der Waals surface area contributed by atoms with Crippen molar-refractivity contribution in [3.05, 3.63) is 82.4 Å². The van der Waals surface area contributed by atoms with E-state index in [4.69, 9.17) is 16.3 Å². The molecule has 3 aromatic rings. The maximum atomic E-state index is 13.3. The van der Waals surface area contributed by atoms with Crippen LogP contribution in [-0.2, 0) is 9.59 Å². The van der Waals surface area contributed by atoms with Gasteiger partial charge in [-0.25, -0.2) is 0 Å². The number of ketones is 1. The second kappa shape index (κ2) is 11.1. The molecule has 3 aromatic carbocycles. The van der Waals surface area contributed by atoms with Gasteiger partial charge in [0, 0.05) is 17.1 Å². The van der Waals surface area contributed by atoms with Gasteiger partial charge >= 0.3 is 0 Å². The van der Waals surface area contributed by atoms with E-state index in [1.807, 2.05) is 36.4 Å². The highest BCUT2D eigenvalue weighted by Gasteiger charge is 2.45. The van der Waals surface area contributed by atoms with Crippen LogP contribution in [0.25, 0.3) is 16.5 Å². The molecule has 1 aliphatic heterocycles. The lowest BCUT2D eigenvalue weighted by molar-refractivity contribution is -0.140. The number of fused-ring (bicyclic) bond motifs is 1. The zero-order chi connectivity index (χ0) is 25.8. The fourth-order valence-electron chi connectivity index (χ4n) is 4.79. The summed E-state index contributed by atoms with van der Waals surface area (Å²) in [5.74, 6) is -0.750. The molecule has 1 amide bonds. The van der Waals surface area contributed by atoms with Gasteiger partial charge in [-0.2, -0.15) is 0 Å². The van der Waals surface area contributed by atoms with E-state index < -0.39 is 17.7 Å². The van der Waals surface area contributed by atoms with Crippen molar-refractivity contribution in [2.75, 3.05) is 33.3 Å². The average Bonchev–Trinajstić information content (AvgIpc) is 3.15. The Morgan fingerprint density at radius 3 is 2.44 bits per heavy atom. The predicted molar refractivity (Wildman–Crippen MR) is 143 cm³/mol. The Labute approximate surface area is 216 Å². The summed E-state index contributed by atoms with van der Waals surface area (Å²) < 4.78 is 5.29. The molecule has 4 rings (SSSR count). The molecule has 0 aromatic heterocycles. The maximum Gasteiger partial charge on any atom is 0.295 e. The molecule has 0 bridgehead atoms. The summed E-state index contributed by atoms with van der Waals surface area (Å²) in [6.45, 7) is 7.24. The SMILES string of the molecule is CCN(CC)CCCN1C(=O)C(=O)/C(=C(/O)c2ccc3cc(OC)ccc3c2)C1c1cccc(Cl)c1. The van der Waals surface area contributed by atoms with Gasteiger partial charge in [-0.3, -0.25) is 9.59 Å². The number of halogens is 1. The van der Waals surface area contributed by atoms with E-state index in [1.54, 1.807) is 36.3 Å². The topological polar surface area (TPSA) is 70.1 Å². The average molecular weight is 507 g/mol. The third-order valence-electron chi connectivity index (χ3n) is 6.79. The Morgan fingerprint density at radius 2 is 1.75 bits per heavy atom. The first-order valence-corrected chi connectivity index (χ1v) is 12.6. The molecule has 0 spiro atoms. The Morgan fingerprint density at radius 1 is 1.03 bits per heavy atom. The molecule has 0 saturated carbocycles. The summed E-state index contributed by atoms with van der Waals surface area (Å²) in [7, 11) is 1.61.